The van der Waals surface area contributed by atoms with Crippen LogP contribution >= 0.6 is 0 Å². The number of carbonyl (C=O) groups excluding carboxylic acids is 4. The van der Waals surface area contributed by atoms with Crippen LogP contribution in [0.4, 0.5) is 10.5 Å². The topological polar surface area (TPSA) is 147 Å². The number of anilines is 1. The van der Waals surface area contributed by atoms with Gasteiger partial charge < -0.3 is 29.4 Å². The second-order valence-corrected chi connectivity index (χ2v) is 16.3. The van der Waals surface area contributed by atoms with Crippen LogP contribution in [-0.2, 0) is 40.6 Å². The highest BCUT2D eigenvalue weighted by atomic mass is 16.6. The number of aliphatic hydroxyl groups is 1. The second kappa shape index (κ2) is 20.4. The Labute approximate surface area is 384 Å². The molecule has 8 rings (SSSR count). The molecule has 3 heterocycles. The number of carbonyl (C=O) groups is 4. The molecule has 3 aliphatic heterocycles. The van der Waals surface area contributed by atoms with Crippen LogP contribution in [0.2, 0.25) is 0 Å². The van der Waals surface area contributed by atoms with Crippen LogP contribution in [0.1, 0.15) is 51.6 Å². The number of ether oxygens (including phenoxy) is 4. The molecule has 13 heteroatoms. The van der Waals surface area contributed by atoms with Crippen LogP contribution in [0.15, 0.2) is 146 Å². The van der Waals surface area contributed by atoms with E-state index in [1.807, 2.05) is 103 Å². The van der Waals surface area contributed by atoms with Crippen molar-refractivity contribution in [1.82, 2.24) is 15.1 Å². The molecule has 66 heavy (non-hydrogen) atoms. The lowest BCUT2D eigenvalue weighted by atomic mass is 9.65. The molecule has 0 unspecified atom stereocenters. The number of para-hydroxylation sites is 1. The van der Waals surface area contributed by atoms with Gasteiger partial charge in [0.25, 0.3) is 0 Å². The molecule has 0 radical (unpaired) electrons. The summed E-state index contributed by atoms with van der Waals surface area (Å²) in [6, 6.07) is 37.6. The van der Waals surface area contributed by atoms with E-state index in [-0.39, 0.29) is 44.2 Å². The Morgan fingerprint density at radius 2 is 1.56 bits per heavy atom. The average molecular weight is 889 g/mol. The monoisotopic (exact) mass is 888 g/mol. The quantitative estimate of drug-likeness (QED) is 0.0529. The Kier molecular flexibility index (Phi) is 14.1. The first-order valence-electron chi connectivity index (χ1n) is 21.9. The number of fused-ring (bicyclic) bond motifs is 3. The smallest absolute Gasteiger partial charge is 0.421 e. The van der Waals surface area contributed by atoms with Gasteiger partial charge >= 0.3 is 12.1 Å². The van der Waals surface area contributed by atoms with Crippen molar-refractivity contribution in [3.8, 4) is 17.6 Å². The molecule has 2 fully saturated rings. The van der Waals surface area contributed by atoms with Crippen molar-refractivity contribution >= 4 is 29.6 Å². The van der Waals surface area contributed by atoms with Gasteiger partial charge in [0.15, 0.2) is 0 Å². The second-order valence-electron chi connectivity index (χ2n) is 16.3. The maximum absolute atomic E-state index is 16.3. The number of imide groups is 1. The lowest BCUT2D eigenvalue weighted by molar-refractivity contribution is -0.178. The predicted molar refractivity (Wildman–Crippen MR) is 247 cm³/mol. The first kappa shape index (κ1) is 45.5. The Bertz CT molecular complexity index is 2620. The van der Waals surface area contributed by atoms with E-state index >= 15 is 14.4 Å². The van der Waals surface area contributed by atoms with Crippen molar-refractivity contribution in [3.05, 3.63) is 179 Å². The molecule has 2 N–H and O–H groups in total. The first-order chi connectivity index (χ1) is 32.2. The summed E-state index contributed by atoms with van der Waals surface area (Å²) in [6.07, 6.45) is -0.399. The van der Waals surface area contributed by atoms with Crippen molar-refractivity contribution in [3.63, 3.8) is 0 Å². The van der Waals surface area contributed by atoms with Crippen LogP contribution in [0.25, 0.3) is 0 Å². The van der Waals surface area contributed by atoms with Crippen molar-refractivity contribution in [2.24, 2.45) is 5.92 Å². The summed E-state index contributed by atoms with van der Waals surface area (Å²) in [7, 11) is 3.44. The van der Waals surface area contributed by atoms with Crippen LogP contribution in [0.3, 0.4) is 0 Å². The third-order valence-corrected chi connectivity index (χ3v) is 12.3. The van der Waals surface area contributed by atoms with E-state index in [1.165, 1.54) is 13.2 Å². The number of benzene rings is 5. The number of amides is 3. The first-order valence-corrected chi connectivity index (χ1v) is 21.9. The third-order valence-electron chi connectivity index (χ3n) is 12.3. The van der Waals surface area contributed by atoms with E-state index in [0.29, 0.717) is 35.5 Å². The minimum atomic E-state index is -2.05. The molecule has 5 aromatic rings. The molecule has 1 spiro atoms. The number of cyclic esters (lactones) is 1. The summed E-state index contributed by atoms with van der Waals surface area (Å²) in [5.41, 5.74) is 1.90. The summed E-state index contributed by atoms with van der Waals surface area (Å²) < 4.78 is 23.7. The predicted octanol–water partition coefficient (Wildman–Crippen LogP) is 6.29. The van der Waals surface area contributed by atoms with Crippen molar-refractivity contribution in [1.29, 1.82) is 0 Å². The normalized spacial score (nSPS) is 21.9. The fourth-order valence-electron chi connectivity index (χ4n) is 9.72. The number of nitrogens with one attached hydrogen (secondary N) is 1. The Morgan fingerprint density at radius 3 is 2.26 bits per heavy atom. The van der Waals surface area contributed by atoms with Crippen molar-refractivity contribution in [2.45, 2.75) is 36.2 Å². The van der Waals surface area contributed by atoms with Gasteiger partial charge in [0, 0.05) is 31.3 Å². The Morgan fingerprint density at radius 1 is 0.879 bits per heavy atom. The van der Waals surface area contributed by atoms with Gasteiger partial charge in [-0.15, -0.1) is 6.58 Å². The Hall–Kier alpha value is -7.08. The van der Waals surface area contributed by atoms with E-state index in [2.05, 4.69) is 28.6 Å². The lowest BCUT2D eigenvalue weighted by Crippen LogP contribution is -2.55. The standard InChI is InChI=1S/C53H52N4O9/c1-4-28-54-49(59)44-46-50(60)66-47(39-22-12-7-13-23-39)45(38-20-10-6-11-21-38)57(46)48(40-24-14-15-25-43(40)64-31-30-58)53(44)41-34-36(19-16-29-55(2)35-37-17-8-5-9-18-37)26-27-42(41)56(51(53)61)52(62)65-33-32-63-3/h4-15,17-18,20-27,34,44-48,58H,1,28-33,35H2,2-3H3,(H,54,59)/t44-,45-,46-,47+,48+,53-/m0/s1. The summed E-state index contributed by atoms with van der Waals surface area (Å²) >= 11 is 0. The third kappa shape index (κ3) is 8.59. The van der Waals surface area contributed by atoms with Gasteiger partial charge in [-0.05, 0) is 53.6 Å². The molecule has 2 saturated heterocycles. The maximum atomic E-state index is 16.3. The molecular weight excluding hydrogens is 837 g/mol. The molecule has 0 aromatic heterocycles. The fraction of sp³-hybridized carbons (Fsp3) is 0.283. The Balaban J connectivity index is 1.41. The van der Waals surface area contributed by atoms with Gasteiger partial charge in [0.05, 0.1) is 43.4 Å². The minimum Gasteiger partial charge on any atom is -0.491 e. The largest absolute Gasteiger partial charge is 0.491 e. The number of hydrogen-bond acceptors (Lipinski definition) is 11. The highest BCUT2D eigenvalue weighted by molar-refractivity contribution is 6.23. The van der Waals surface area contributed by atoms with Crippen molar-refractivity contribution < 1.29 is 43.2 Å². The zero-order chi connectivity index (χ0) is 46.2. The van der Waals surface area contributed by atoms with E-state index in [9.17, 15) is 9.90 Å². The fourth-order valence-corrected chi connectivity index (χ4v) is 9.72. The van der Waals surface area contributed by atoms with E-state index in [1.54, 1.807) is 42.5 Å². The molecular formula is C53H52N4O9. The van der Waals surface area contributed by atoms with E-state index in [4.69, 9.17) is 18.9 Å². The number of hydrogen-bond donors (Lipinski definition) is 2. The van der Waals surface area contributed by atoms with Gasteiger partial charge in [-0.2, -0.15) is 0 Å². The molecule has 3 amide bonds. The number of morpholine rings is 1. The minimum absolute atomic E-state index is 0.00857. The summed E-state index contributed by atoms with van der Waals surface area (Å²) in [6.45, 7) is 4.38. The zero-order valence-electron chi connectivity index (χ0n) is 36.9. The molecule has 0 bridgehead atoms. The van der Waals surface area contributed by atoms with Crippen LogP contribution in [0, 0.1) is 17.8 Å². The summed E-state index contributed by atoms with van der Waals surface area (Å²) in [5, 5.41) is 13.0. The number of methoxy groups -OCH3 is 1. The summed E-state index contributed by atoms with van der Waals surface area (Å²) in [4.78, 5) is 66.2. The molecule has 13 nitrogen and oxygen atoms in total. The molecule has 3 aliphatic rings. The van der Waals surface area contributed by atoms with Gasteiger partial charge in [0.2, 0.25) is 11.8 Å². The molecule has 0 aliphatic carbocycles. The van der Waals surface area contributed by atoms with Gasteiger partial charge in [-0.3, -0.25) is 24.2 Å². The highest BCUT2D eigenvalue weighted by Gasteiger charge is 2.76. The maximum Gasteiger partial charge on any atom is 0.421 e. The average Bonchev–Trinajstić information content (AvgIpc) is 3.79. The van der Waals surface area contributed by atoms with Crippen LogP contribution in [0.5, 0.6) is 5.75 Å². The molecule has 338 valence electrons. The van der Waals surface area contributed by atoms with Crippen molar-refractivity contribution in [2.75, 3.05) is 58.6 Å². The van der Waals surface area contributed by atoms with Gasteiger partial charge in [-0.25, -0.2) is 9.69 Å². The molecule has 5 aromatic carbocycles. The number of aliphatic hydroxyl groups excluding tert-OH is 1. The summed E-state index contributed by atoms with van der Waals surface area (Å²) in [5.74, 6) is 3.16. The van der Waals surface area contributed by atoms with E-state index in [0.717, 1.165) is 16.0 Å². The SMILES string of the molecule is C=CCNC(=O)[C@@H]1[C@H]2C(=O)O[C@H](c3ccccc3)[C@H](c3ccccc3)N2[C@H](c2ccccc2OCCO)[C@@]12C(=O)N(C(=O)OCCOC)c1ccc(C#CCN(C)Cc3ccccc3)cc12. The number of rotatable bonds is 15. The zero-order valence-corrected chi connectivity index (χ0v) is 36.9. The number of esters is 1. The van der Waals surface area contributed by atoms with E-state index < -0.39 is 59.4 Å². The van der Waals surface area contributed by atoms with Crippen LogP contribution in [-0.4, -0.2) is 98.5 Å². The number of nitrogens with zero attached hydrogens (tertiary/aromatic N) is 3. The highest BCUT2D eigenvalue weighted by Crippen LogP contribution is 2.66. The lowest BCUT2D eigenvalue weighted by Gasteiger charge is -2.46. The van der Waals surface area contributed by atoms with Crippen LogP contribution < -0.4 is 15.0 Å². The van der Waals surface area contributed by atoms with Gasteiger partial charge in [0.1, 0.15) is 36.5 Å². The molecule has 0 saturated carbocycles. The van der Waals surface area contributed by atoms with Gasteiger partial charge in [-0.1, -0.05) is 127 Å². The molecule has 6 atom stereocenters.